The Morgan fingerprint density at radius 2 is 2.07 bits per heavy atom. The molecule has 5 nitrogen and oxygen atoms in total. The van der Waals surface area contributed by atoms with Gasteiger partial charge in [-0.15, -0.1) is 0 Å². The Balaban J connectivity index is 2.26. The first-order valence-electron chi connectivity index (χ1n) is 5.68. The quantitative estimate of drug-likeness (QED) is 0.414. The van der Waals surface area contributed by atoms with Gasteiger partial charge in [0.25, 0.3) is 0 Å². The molecule has 15 heavy (non-hydrogen) atoms. The molecule has 0 aliphatic heterocycles. The maximum absolute atomic E-state index is 9.59. The van der Waals surface area contributed by atoms with Gasteiger partial charge in [-0.3, -0.25) is 0 Å². The molecule has 86 valence electrons. The highest BCUT2D eigenvalue weighted by molar-refractivity contribution is 4.78. The van der Waals surface area contributed by atoms with E-state index in [1.165, 1.54) is 32.1 Å². The highest BCUT2D eigenvalue weighted by atomic mass is 16.3. The summed E-state index contributed by atoms with van der Waals surface area (Å²) >= 11 is 0. The van der Waals surface area contributed by atoms with Crippen LogP contribution in [-0.4, -0.2) is 23.8 Å². The van der Waals surface area contributed by atoms with Crippen molar-refractivity contribution in [3.63, 3.8) is 0 Å². The van der Waals surface area contributed by atoms with Crippen molar-refractivity contribution >= 4 is 0 Å². The highest BCUT2D eigenvalue weighted by Gasteiger charge is 2.20. The highest BCUT2D eigenvalue weighted by Crippen LogP contribution is 2.27. The Morgan fingerprint density at radius 3 is 2.67 bits per heavy atom. The molecule has 5 heteroatoms. The lowest BCUT2D eigenvalue weighted by Crippen LogP contribution is -2.38. The number of aliphatic hydroxyl groups is 1. The van der Waals surface area contributed by atoms with Crippen molar-refractivity contribution in [3.8, 4) is 0 Å². The summed E-state index contributed by atoms with van der Waals surface area (Å²) in [5.41, 5.74) is 14.0. The predicted molar refractivity (Wildman–Crippen MR) is 59.2 cm³/mol. The van der Waals surface area contributed by atoms with Gasteiger partial charge in [0.05, 0.1) is 12.6 Å². The molecule has 0 radical (unpaired) electrons. The van der Waals surface area contributed by atoms with E-state index in [0.717, 1.165) is 6.42 Å². The molecule has 0 amide bonds. The second-order valence-electron chi connectivity index (χ2n) is 4.38. The van der Waals surface area contributed by atoms with Crippen molar-refractivity contribution in [2.24, 2.45) is 16.8 Å². The number of hydrogen-bond acceptors (Lipinski definition) is 3. The Morgan fingerprint density at radius 1 is 1.40 bits per heavy atom. The number of nitrogens with two attached hydrogens (primary N) is 1. The number of hydrogen-bond donors (Lipinski definition) is 2. The standard InChI is InChI=1S/C10H20N4O/c11-9(10(15)7-13-14-12)6-8-4-2-1-3-5-8/h8-10,15H,1-7,11H2/t9-,10-/m0/s1. The molecular formula is C10H20N4O. The summed E-state index contributed by atoms with van der Waals surface area (Å²) in [4.78, 5) is 2.61. The van der Waals surface area contributed by atoms with Gasteiger partial charge in [-0.05, 0) is 17.9 Å². The molecule has 0 saturated heterocycles. The summed E-state index contributed by atoms with van der Waals surface area (Å²) in [6.07, 6.45) is 6.50. The van der Waals surface area contributed by atoms with E-state index in [9.17, 15) is 5.11 Å². The molecule has 2 atom stereocenters. The van der Waals surface area contributed by atoms with Crippen LogP contribution in [0.15, 0.2) is 5.11 Å². The summed E-state index contributed by atoms with van der Waals surface area (Å²) in [6, 6.07) is -0.251. The van der Waals surface area contributed by atoms with E-state index in [-0.39, 0.29) is 12.6 Å². The molecule has 1 rings (SSSR count). The maximum atomic E-state index is 9.59. The smallest absolute Gasteiger partial charge is 0.0747 e. The monoisotopic (exact) mass is 212 g/mol. The topological polar surface area (TPSA) is 95.0 Å². The first kappa shape index (κ1) is 12.3. The van der Waals surface area contributed by atoms with Crippen LogP contribution in [0.1, 0.15) is 38.5 Å². The molecule has 0 unspecified atom stereocenters. The lowest BCUT2D eigenvalue weighted by Gasteiger charge is -2.26. The van der Waals surface area contributed by atoms with E-state index in [1.807, 2.05) is 0 Å². The third-order valence-corrected chi connectivity index (χ3v) is 3.16. The van der Waals surface area contributed by atoms with Crippen molar-refractivity contribution in [3.05, 3.63) is 10.4 Å². The van der Waals surface area contributed by atoms with Gasteiger partial charge in [0.15, 0.2) is 0 Å². The minimum atomic E-state index is -0.692. The molecule has 1 saturated carbocycles. The first-order chi connectivity index (χ1) is 7.24. The lowest BCUT2D eigenvalue weighted by atomic mass is 9.84. The molecular weight excluding hydrogens is 192 g/mol. The minimum absolute atomic E-state index is 0.0877. The van der Waals surface area contributed by atoms with Crippen LogP contribution < -0.4 is 5.73 Å². The third kappa shape index (κ3) is 4.51. The molecule has 1 fully saturated rings. The van der Waals surface area contributed by atoms with Crippen LogP contribution in [0.2, 0.25) is 0 Å². The minimum Gasteiger partial charge on any atom is -0.391 e. The fraction of sp³-hybridized carbons (Fsp3) is 1.00. The Kier molecular flexibility index (Phi) is 5.47. The van der Waals surface area contributed by atoms with Crippen LogP contribution in [0.5, 0.6) is 0 Å². The maximum Gasteiger partial charge on any atom is 0.0747 e. The van der Waals surface area contributed by atoms with E-state index in [4.69, 9.17) is 11.3 Å². The summed E-state index contributed by atoms with van der Waals surface area (Å²) in [6.45, 7) is 0.0877. The van der Waals surface area contributed by atoms with Crippen molar-refractivity contribution < 1.29 is 5.11 Å². The van der Waals surface area contributed by atoms with Crippen molar-refractivity contribution in [2.75, 3.05) is 6.54 Å². The zero-order valence-electron chi connectivity index (χ0n) is 9.05. The predicted octanol–water partition coefficient (Wildman–Crippen LogP) is 1.96. The van der Waals surface area contributed by atoms with Crippen molar-refractivity contribution in [1.29, 1.82) is 0 Å². The van der Waals surface area contributed by atoms with Gasteiger partial charge in [-0.2, -0.15) is 0 Å². The van der Waals surface area contributed by atoms with Crippen LogP contribution in [0.4, 0.5) is 0 Å². The molecule has 0 bridgehead atoms. The molecule has 0 aromatic heterocycles. The van der Waals surface area contributed by atoms with Crippen molar-refractivity contribution in [1.82, 2.24) is 0 Å². The molecule has 0 aromatic carbocycles. The second kappa shape index (κ2) is 6.67. The van der Waals surface area contributed by atoms with Gasteiger partial charge < -0.3 is 10.8 Å². The third-order valence-electron chi connectivity index (χ3n) is 3.16. The van der Waals surface area contributed by atoms with E-state index in [0.29, 0.717) is 5.92 Å². The zero-order chi connectivity index (χ0) is 11.1. The molecule has 1 aliphatic carbocycles. The summed E-state index contributed by atoms with van der Waals surface area (Å²) in [5, 5.41) is 12.9. The molecule has 1 aliphatic rings. The normalized spacial score (nSPS) is 21.7. The van der Waals surface area contributed by atoms with Gasteiger partial charge in [0.2, 0.25) is 0 Å². The number of azide groups is 1. The van der Waals surface area contributed by atoms with Gasteiger partial charge in [-0.1, -0.05) is 37.2 Å². The number of nitrogens with zero attached hydrogens (tertiary/aromatic N) is 3. The van der Waals surface area contributed by atoms with E-state index >= 15 is 0 Å². The van der Waals surface area contributed by atoms with Gasteiger partial charge in [0.1, 0.15) is 0 Å². The summed E-state index contributed by atoms with van der Waals surface area (Å²) in [5.74, 6) is 0.648. The summed E-state index contributed by atoms with van der Waals surface area (Å²) in [7, 11) is 0. The van der Waals surface area contributed by atoms with Crippen LogP contribution >= 0.6 is 0 Å². The fourth-order valence-corrected chi connectivity index (χ4v) is 2.22. The van der Waals surface area contributed by atoms with E-state index in [2.05, 4.69) is 10.0 Å². The first-order valence-corrected chi connectivity index (χ1v) is 5.68. The Hall–Kier alpha value is -0.770. The van der Waals surface area contributed by atoms with Gasteiger partial charge >= 0.3 is 0 Å². The van der Waals surface area contributed by atoms with Crippen LogP contribution in [0, 0.1) is 5.92 Å². The molecule has 3 N–H and O–H groups in total. The van der Waals surface area contributed by atoms with Crippen LogP contribution in [0.3, 0.4) is 0 Å². The summed E-state index contributed by atoms with van der Waals surface area (Å²) < 4.78 is 0. The lowest BCUT2D eigenvalue weighted by molar-refractivity contribution is 0.134. The Bertz CT molecular complexity index is 221. The van der Waals surface area contributed by atoms with E-state index in [1.54, 1.807) is 0 Å². The largest absolute Gasteiger partial charge is 0.391 e. The fourth-order valence-electron chi connectivity index (χ4n) is 2.22. The van der Waals surface area contributed by atoms with E-state index < -0.39 is 6.10 Å². The molecule has 0 spiro atoms. The van der Waals surface area contributed by atoms with Crippen LogP contribution in [-0.2, 0) is 0 Å². The Labute approximate surface area is 90.3 Å². The second-order valence-corrected chi connectivity index (χ2v) is 4.38. The average Bonchev–Trinajstić information content (AvgIpc) is 2.27. The van der Waals surface area contributed by atoms with Gasteiger partial charge in [-0.25, -0.2) is 0 Å². The van der Waals surface area contributed by atoms with Crippen LogP contribution in [0.25, 0.3) is 10.4 Å². The molecule has 0 heterocycles. The number of rotatable bonds is 5. The SMILES string of the molecule is [N-]=[N+]=NC[C@H](O)[C@@H](N)CC1CCCCC1. The number of aliphatic hydroxyl groups excluding tert-OH is 1. The van der Waals surface area contributed by atoms with Gasteiger partial charge in [0, 0.05) is 11.0 Å². The molecule has 0 aromatic rings. The average molecular weight is 212 g/mol. The zero-order valence-corrected chi connectivity index (χ0v) is 9.05. The van der Waals surface area contributed by atoms with Crippen molar-refractivity contribution in [2.45, 2.75) is 50.7 Å².